The van der Waals surface area contributed by atoms with E-state index in [1.165, 1.54) is 4.46 Å². The van der Waals surface area contributed by atoms with Crippen LogP contribution in [0.1, 0.15) is 6.92 Å². The summed E-state index contributed by atoms with van der Waals surface area (Å²) in [6.45, 7) is 1.90. The van der Waals surface area contributed by atoms with E-state index in [9.17, 15) is 0 Å². The van der Waals surface area contributed by atoms with E-state index in [2.05, 4.69) is 24.3 Å². The van der Waals surface area contributed by atoms with Gasteiger partial charge in [-0.1, -0.05) is 0 Å². The third kappa shape index (κ3) is 4.44. The molecule has 1 aromatic rings. The summed E-state index contributed by atoms with van der Waals surface area (Å²) in [7, 11) is 1.65. The number of benzene rings is 1. The molecule has 0 saturated carbocycles. The Hall–Kier alpha value is -0.341. The van der Waals surface area contributed by atoms with Crippen molar-refractivity contribution >= 4 is 19.4 Å². The topological polar surface area (TPSA) is 18.5 Å². The van der Waals surface area contributed by atoms with E-state index in [1.54, 1.807) is 7.11 Å². The van der Waals surface area contributed by atoms with Gasteiger partial charge in [0, 0.05) is 0 Å². The molecule has 0 spiro atoms. The summed E-state index contributed by atoms with van der Waals surface area (Å²) >= 11 is 0.397. The summed E-state index contributed by atoms with van der Waals surface area (Å²) < 4.78 is 11.7. The predicted molar refractivity (Wildman–Crippen MR) is 54.3 cm³/mol. The van der Waals surface area contributed by atoms with Crippen molar-refractivity contribution in [3.63, 3.8) is 0 Å². The van der Waals surface area contributed by atoms with E-state index >= 15 is 0 Å². The SMILES string of the molecule is COC(C)OC[Se]c1ccccc1. The molecule has 0 bridgehead atoms. The van der Waals surface area contributed by atoms with Crippen LogP contribution in [0.5, 0.6) is 0 Å². The monoisotopic (exact) mass is 246 g/mol. The van der Waals surface area contributed by atoms with Crippen LogP contribution in [0, 0.1) is 0 Å². The van der Waals surface area contributed by atoms with Crippen molar-refractivity contribution in [3.05, 3.63) is 30.3 Å². The molecule has 0 N–H and O–H groups in total. The fourth-order valence-corrected chi connectivity index (χ4v) is 2.35. The minimum atomic E-state index is -0.0920. The van der Waals surface area contributed by atoms with Gasteiger partial charge in [-0.2, -0.15) is 0 Å². The minimum absolute atomic E-state index is 0.0920. The molecular weight excluding hydrogens is 231 g/mol. The summed E-state index contributed by atoms with van der Waals surface area (Å²) in [6, 6.07) is 10.4. The van der Waals surface area contributed by atoms with E-state index < -0.39 is 0 Å². The molecule has 1 unspecified atom stereocenters. The van der Waals surface area contributed by atoms with Crippen LogP contribution >= 0.6 is 0 Å². The van der Waals surface area contributed by atoms with Crippen LogP contribution in [-0.2, 0) is 9.47 Å². The van der Waals surface area contributed by atoms with Crippen LogP contribution in [0.2, 0.25) is 0 Å². The summed E-state index contributed by atoms with van der Waals surface area (Å²) in [4.78, 5) is 0. The Bertz CT molecular complexity index is 226. The molecule has 0 fully saturated rings. The molecule has 0 heterocycles. The fraction of sp³-hybridized carbons (Fsp3) is 0.400. The first-order valence-electron chi connectivity index (χ1n) is 4.15. The zero-order valence-corrected chi connectivity index (χ0v) is 9.61. The Morgan fingerprint density at radius 2 is 2.00 bits per heavy atom. The van der Waals surface area contributed by atoms with Gasteiger partial charge in [-0.3, -0.25) is 0 Å². The van der Waals surface area contributed by atoms with E-state index in [0.29, 0.717) is 15.0 Å². The molecule has 0 radical (unpaired) electrons. The van der Waals surface area contributed by atoms with Crippen molar-refractivity contribution < 1.29 is 9.47 Å². The molecule has 0 saturated heterocycles. The number of ether oxygens (including phenoxy) is 2. The molecule has 3 heteroatoms. The maximum atomic E-state index is 5.40. The molecule has 72 valence electrons. The average Bonchev–Trinajstić information content (AvgIpc) is 2.19. The van der Waals surface area contributed by atoms with Crippen molar-refractivity contribution in [2.24, 2.45) is 0 Å². The van der Waals surface area contributed by atoms with Gasteiger partial charge in [0.25, 0.3) is 0 Å². The normalized spacial score (nSPS) is 12.8. The molecule has 0 aliphatic heterocycles. The van der Waals surface area contributed by atoms with Crippen LogP contribution < -0.4 is 4.46 Å². The van der Waals surface area contributed by atoms with Crippen LogP contribution in [0.15, 0.2) is 30.3 Å². The summed E-state index contributed by atoms with van der Waals surface area (Å²) in [5.41, 5.74) is 0.770. The van der Waals surface area contributed by atoms with Gasteiger partial charge in [0.05, 0.1) is 0 Å². The van der Waals surface area contributed by atoms with Gasteiger partial charge in [0.2, 0.25) is 0 Å². The van der Waals surface area contributed by atoms with E-state index in [1.807, 2.05) is 13.0 Å². The molecule has 1 aromatic carbocycles. The third-order valence-electron chi connectivity index (χ3n) is 1.60. The van der Waals surface area contributed by atoms with E-state index in [0.717, 1.165) is 5.51 Å². The Morgan fingerprint density at radius 3 is 2.62 bits per heavy atom. The first-order valence-corrected chi connectivity index (χ1v) is 6.22. The van der Waals surface area contributed by atoms with Gasteiger partial charge in [0.1, 0.15) is 0 Å². The van der Waals surface area contributed by atoms with Gasteiger partial charge in [-0.25, -0.2) is 0 Å². The van der Waals surface area contributed by atoms with Crippen LogP contribution in [0.3, 0.4) is 0 Å². The van der Waals surface area contributed by atoms with Crippen molar-refractivity contribution in [1.82, 2.24) is 0 Å². The second kappa shape index (κ2) is 6.16. The van der Waals surface area contributed by atoms with Crippen molar-refractivity contribution in [2.75, 3.05) is 12.6 Å². The number of hydrogen-bond acceptors (Lipinski definition) is 2. The Labute approximate surface area is 85.4 Å². The zero-order valence-electron chi connectivity index (χ0n) is 7.90. The van der Waals surface area contributed by atoms with Gasteiger partial charge in [-0.15, -0.1) is 0 Å². The molecule has 0 aliphatic rings. The quantitative estimate of drug-likeness (QED) is 0.568. The standard InChI is InChI=1S/C10H14O2Se/c1-9(11-2)12-8-13-10-6-4-3-5-7-10/h3-7,9H,8H2,1-2H3. The van der Waals surface area contributed by atoms with Gasteiger partial charge in [0.15, 0.2) is 0 Å². The number of methoxy groups -OCH3 is 1. The first kappa shape index (κ1) is 10.7. The Balaban J connectivity index is 2.20. The molecule has 0 aliphatic carbocycles. The van der Waals surface area contributed by atoms with Crippen LogP contribution in [0.25, 0.3) is 0 Å². The second-order valence-corrected chi connectivity index (χ2v) is 4.63. The summed E-state index contributed by atoms with van der Waals surface area (Å²) in [5.74, 6) is 0. The average molecular weight is 245 g/mol. The molecule has 0 amide bonds. The molecule has 1 atom stereocenters. The molecule has 0 aromatic heterocycles. The molecule has 1 rings (SSSR count). The summed E-state index contributed by atoms with van der Waals surface area (Å²) in [5, 5.41) is 0. The van der Waals surface area contributed by atoms with Crippen molar-refractivity contribution in [1.29, 1.82) is 0 Å². The zero-order chi connectivity index (χ0) is 9.52. The predicted octanol–water partition coefficient (Wildman–Crippen LogP) is 0.983. The third-order valence-corrected chi connectivity index (χ3v) is 3.41. The Kier molecular flexibility index (Phi) is 5.09. The molecule has 13 heavy (non-hydrogen) atoms. The van der Waals surface area contributed by atoms with E-state index in [-0.39, 0.29) is 6.29 Å². The van der Waals surface area contributed by atoms with Gasteiger partial charge < -0.3 is 0 Å². The van der Waals surface area contributed by atoms with Crippen LogP contribution in [-0.4, -0.2) is 33.9 Å². The van der Waals surface area contributed by atoms with Crippen molar-refractivity contribution in [2.45, 2.75) is 13.2 Å². The second-order valence-electron chi connectivity index (χ2n) is 2.55. The first-order chi connectivity index (χ1) is 6.33. The van der Waals surface area contributed by atoms with E-state index in [4.69, 9.17) is 9.47 Å². The maximum absolute atomic E-state index is 5.40. The molecule has 2 nitrogen and oxygen atoms in total. The number of rotatable bonds is 5. The van der Waals surface area contributed by atoms with Gasteiger partial charge >= 0.3 is 85.1 Å². The van der Waals surface area contributed by atoms with Crippen molar-refractivity contribution in [3.8, 4) is 0 Å². The molecular formula is C10H14O2Se. The number of hydrogen-bond donors (Lipinski definition) is 0. The van der Waals surface area contributed by atoms with Crippen LogP contribution in [0.4, 0.5) is 0 Å². The Morgan fingerprint density at radius 1 is 1.31 bits per heavy atom. The van der Waals surface area contributed by atoms with Gasteiger partial charge in [-0.05, 0) is 0 Å². The fourth-order valence-electron chi connectivity index (χ4n) is 0.783. The summed E-state index contributed by atoms with van der Waals surface area (Å²) in [6.07, 6.45) is -0.0920.